The Hall–Kier alpha value is -3.67. The molecule has 1 aromatic carbocycles. The molecule has 9 heteroatoms. The van der Waals surface area contributed by atoms with Gasteiger partial charge in [-0.05, 0) is 48.2 Å². The van der Waals surface area contributed by atoms with Crippen LogP contribution >= 0.6 is 0 Å². The van der Waals surface area contributed by atoms with Crippen molar-refractivity contribution in [3.8, 4) is 6.07 Å². The predicted molar refractivity (Wildman–Crippen MR) is 125 cm³/mol. The molecule has 0 saturated carbocycles. The first-order chi connectivity index (χ1) is 16.7. The lowest BCUT2D eigenvalue weighted by atomic mass is 9.94. The van der Waals surface area contributed by atoms with Crippen molar-refractivity contribution in [2.75, 3.05) is 25.0 Å². The van der Waals surface area contributed by atoms with Crippen LogP contribution in [0.5, 0.6) is 0 Å². The molecule has 1 atom stereocenters. The molecule has 0 spiro atoms. The number of fused-ring (bicyclic) bond motifs is 1. The zero-order valence-electron chi connectivity index (χ0n) is 19.5. The van der Waals surface area contributed by atoms with E-state index in [9.17, 15) is 23.2 Å². The number of hydrogen-bond acceptors (Lipinski definition) is 6. The van der Waals surface area contributed by atoms with Gasteiger partial charge in [0.05, 0.1) is 12.6 Å². The van der Waals surface area contributed by atoms with E-state index in [0.29, 0.717) is 11.1 Å². The zero-order chi connectivity index (χ0) is 25.2. The lowest BCUT2D eigenvalue weighted by molar-refractivity contribution is -0.132. The Labute approximate surface area is 202 Å². The molecule has 7 nitrogen and oxygen atoms in total. The number of rotatable bonds is 7. The third-order valence-electron chi connectivity index (χ3n) is 6.61. The summed E-state index contributed by atoms with van der Waals surface area (Å²) in [7, 11) is 2.02. The number of aromatic nitrogens is 1. The number of pyridine rings is 1. The van der Waals surface area contributed by atoms with E-state index >= 15 is 0 Å². The first-order valence-electron chi connectivity index (χ1n) is 11.6. The fraction of sp³-hybridized carbons (Fsp3) is 0.423. The van der Waals surface area contributed by atoms with Gasteiger partial charge in [0.1, 0.15) is 6.04 Å². The second kappa shape index (κ2) is 9.90. The van der Waals surface area contributed by atoms with Crippen molar-refractivity contribution in [3.63, 3.8) is 0 Å². The van der Waals surface area contributed by atoms with Gasteiger partial charge in [0, 0.05) is 68.5 Å². The summed E-state index contributed by atoms with van der Waals surface area (Å²) in [4.78, 5) is 45.4. The van der Waals surface area contributed by atoms with E-state index in [2.05, 4.69) is 9.88 Å². The van der Waals surface area contributed by atoms with Gasteiger partial charge in [-0.3, -0.25) is 19.4 Å². The van der Waals surface area contributed by atoms with Gasteiger partial charge in [-0.2, -0.15) is 5.26 Å². The van der Waals surface area contributed by atoms with Crippen LogP contribution in [0, 0.1) is 11.3 Å². The molecule has 0 radical (unpaired) electrons. The normalized spacial score (nSPS) is 18.6. The van der Waals surface area contributed by atoms with Crippen molar-refractivity contribution in [3.05, 3.63) is 58.9 Å². The third-order valence-corrected chi connectivity index (χ3v) is 6.61. The van der Waals surface area contributed by atoms with Crippen molar-refractivity contribution >= 4 is 23.2 Å². The highest BCUT2D eigenvalue weighted by Crippen LogP contribution is 2.32. The molecule has 3 heterocycles. The van der Waals surface area contributed by atoms with Gasteiger partial charge in [-0.25, -0.2) is 8.78 Å². The van der Waals surface area contributed by atoms with Crippen LogP contribution in [-0.4, -0.2) is 59.5 Å². The lowest BCUT2D eigenvalue weighted by Gasteiger charge is -2.27. The Kier molecular flexibility index (Phi) is 6.92. The Morgan fingerprint density at radius 1 is 1.20 bits per heavy atom. The van der Waals surface area contributed by atoms with Gasteiger partial charge < -0.3 is 9.80 Å². The molecular formula is C26H26F2N4O3. The van der Waals surface area contributed by atoms with Crippen LogP contribution < -0.4 is 4.90 Å². The number of carbonyl (C=O) groups is 3. The van der Waals surface area contributed by atoms with Crippen LogP contribution in [0.4, 0.5) is 14.5 Å². The number of Topliss-reactive ketones (excluding diaryl/α,β-unsaturated/α-hetero) is 2. The van der Waals surface area contributed by atoms with Gasteiger partial charge in [0.15, 0.2) is 11.6 Å². The average molecular weight is 481 g/mol. The maximum atomic E-state index is 13.6. The summed E-state index contributed by atoms with van der Waals surface area (Å²) >= 11 is 0. The number of aryl methyl sites for hydroxylation is 1. The molecule has 1 aromatic heterocycles. The summed E-state index contributed by atoms with van der Waals surface area (Å²) in [6.07, 6.45) is 3.60. The number of alkyl halides is 2. The molecule has 0 unspecified atom stereocenters. The number of amides is 1. The Morgan fingerprint density at radius 3 is 2.77 bits per heavy atom. The standard InChI is InChI=1S/C26H26F2N4O3/c1-31-10-2-3-17-11-18(4-5-22(17)31)24(34)12-19-15-30-9-8-21(19)23(33)6-7-25(35)32-16-26(27,28)13-20(32)14-29/h4-5,8-9,11,15,20H,2-3,6-7,10,12-13,16H2,1H3/t20-/m0/s1. The number of likely N-dealkylation sites (tertiary alicyclic amines) is 1. The third kappa shape index (κ3) is 5.37. The first kappa shape index (κ1) is 24.5. The molecule has 2 aromatic rings. The van der Waals surface area contributed by atoms with Crippen LogP contribution in [0.15, 0.2) is 36.7 Å². The summed E-state index contributed by atoms with van der Waals surface area (Å²) in [5, 5.41) is 9.08. The molecular weight excluding hydrogens is 454 g/mol. The van der Waals surface area contributed by atoms with Crippen LogP contribution in [0.2, 0.25) is 0 Å². The van der Waals surface area contributed by atoms with Gasteiger partial charge in [0.25, 0.3) is 5.92 Å². The summed E-state index contributed by atoms with van der Waals surface area (Å²) < 4.78 is 27.3. The minimum Gasteiger partial charge on any atom is -0.374 e. The van der Waals surface area contributed by atoms with E-state index in [-0.39, 0.29) is 36.4 Å². The number of ketones is 2. The largest absolute Gasteiger partial charge is 0.374 e. The molecule has 4 rings (SSSR count). The number of nitriles is 1. The first-order valence-corrected chi connectivity index (χ1v) is 11.6. The highest BCUT2D eigenvalue weighted by atomic mass is 19.3. The molecule has 1 fully saturated rings. The van der Waals surface area contributed by atoms with Crippen molar-refractivity contribution in [1.82, 2.24) is 9.88 Å². The van der Waals surface area contributed by atoms with Gasteiger partial charge >= 0.3 is 0 Å². The Balaban J connectivity index is 1.43. The topological polar surface area (TPSA) is 94.4 Å². The van der Waals surface area contributed by atoms with E-state index < -0.39 is 30.8 Å². The van der Waals surface area contributed by atoms with Crippen LogP contribution in [-0.2, 0) is 17.6 Å². The fourth-order valence-corrected chi connectivity index (χ4v) is 4.77. The molecule has 0 bridgehead atoms. The maximum absolute atomic E-state index is 13.6. The molecule has 35 heavy (non-hydrogen) atoms. The number of hydrogen-bond donors (Lipinski definition) is 0. The quantitative estimate of drug-likeness (QED) is 0.562. The second-order valence-electron chi connectivity index (χ2n) is 9.15. The fourth-order valence-electron chi connectivity index (χ4n) is 4.77. The van der Waals surface area contributed by atoms with Crippen LogP contribution in [0.1, 0.15) is 57.5 Å². The Morgan fingerprint density at radius 2 is 2.00 bits per heavy atom. The molecule has 2 aliphatic heterocycles. The van der Waals surface area contributed by atoms with Crippen molar-refractivity contribution in [2.24, 2.45) is 0 Å². The number of carbonyl (C=O) groups excluding carboxylic acids is 3. The average Bonchev–Trinajstić information content (AvgIpc) is 3.17. The van der Waals surface area contributed by atoms with E-state index in [1.54, 1.807) is 12.1 Å². The SMILES string of the molecule is CN1CCCc2cc(C(=O)Cc3cnccc3C(=O)CCC(=O)N3CC(F)(F)C[C@H]3C#N)ccc21. The summed E-state index contributed by atoms with van der Waals surface area (Å²) in [6, 6.07) is 7.67. The van der Waals surface area contributed by atoms with E-state index in [1.165, 1.54) is 18.5 Å². The minimum atomic E-state index is -3.11. The minimum absolute atomic E-state index is 0.0215. The summed E-state index contributed by atoms with van der Waals surface area (Å²) in [6.45, 7) is 0.158. The highest BCUT2D eigenvalue weighted by Gasteiger charge is 2.47. The molecule has 0 N–H and O–H groups in total. The molecule has 1 saturated heterocycles. The van der Waals surface area contributed by atoms with E-state index in [1.807, 2.05) is 19.2 Å². The van der Waals surface area contributed by atoms with Gasteiger partial charge in [0.2, 0.25) is 5.91 Å². The van der Waals surface area contributed by atoms with Gasteiger partial charge in [-0.1, -0.05) is 0 Å². The predicted octanol–water partition coefficient (Wildman–Crippen LogP) is 3.61. The monoisotopic (exact) mass is 480 g/mol. The van der Waals surface area contributed by atoms with Crippen molar-refractivity contribution < 1.29 is 23.2 Å². The maximum Gasteiger partial charge on any atom is 0.268 e. The summed E-state index contributed by atoms with van der Waals surface area (Å²) in [5.74, 6) is -4.29. The molecule has 2 aliphatic rings. The van der Waals surface area contributed by atoms with Crippen LogP contribution in [0.3, 0.4) is 0 Å². The summed E-state index contributed by atoms with van der Waals surface area (Å²) in [5.41, 5.74) is 3.53. The zero-order valence-corrected chi connectivity index (χ0v) is 19.5. The van der Waals surface area contributed by atoms with Gasteiger partial charge in [-0.15, -0.1) is 0 Å². The number of anilines is 1. The lowest BCUT2D eigenvalue weighted by Crippen LogP contribution is -2.36. The molecule has 0 aliphatic carbocycles. The van der Waals surface area contributed by atoms with Crippen LogP contribution in [0.25, 0.3) is 0 Å². The number of benzene rings is 1. The second-order valence-corrected chi connectivity index (χ2v) is 9.15. The molecule has 182 valence electrons. The number of nitrogens with zero attached hydrogens (tertiary/aromatic N) is 4. The number of halogens is 2. The van der Waals surface area contributed by atoms with Crippen molar-refractivity contribution in [1.29, 1.82) is 5.26 Å². The Bertz CT molecular complexity index is 1210. The van der Waals surface area contributed by atoms with E-state index in [4.69, 9.17) is 5.26 Å². The highest BCUT2D eigenvalue weighted by molar-refractivity contribution is 6.03. The van der Waals surface area contributed by atoms with E-state index in [0.717, 1.165) is 35.5 Å². The smallest absolute Gasteiger partial charge is 0.268 e. The molecule has 1 amide bonds. The van der Waals surface area contributed by atoms with Crippen molar-refractivity contribution in [2.45, 2.75) is 50.5 Å².